The summed E-state index contributed by atoms with van der Waals surface area (Å²) < 4.78 is 2.65. The first-order valence-corrected chi connectivity index (χ1v) is 20.7. The molecule has 0 bridgehead atoms. The number of hydrogen-bond acceptors (Lipinski definition) is 0. The monoisotopic (exact) mass is 709 g/mol. The van der Waals surface area contributed by atoms with Gasteiger partial charge in [-0.25, -0.2) is 0 Å². The highest BCUT2D eigenvalue weighted by Gasteiger charge is 2.31. The van der Waals surface area contributed by atoms with Gasteiger partial charge in [0.1, 0.15) is 0 Å². The van der Waals surface area contributed by atoms with Crippen LogP contribution in [0.5, 0.6) is 0 Å². The molecular formula is C53H59N. The van der Waals surface area contributed by atoms with Crippen LogP contribution in [0.1, 0.15) is 97.9 Å². The zero-order valence-corrected chi connectivity index (χ0v) is 34.3. The largest absolute Gasteiger partial charge is 0.343 e. The standard InChI is InChI=1S/C53H59N/c1-10-14-42-43(15-11-2)45(17-13-4)52-50(44(42)16-12-3)51-48(40-30-22-36(7)23-31-40)46(38-26-18-34(5)19-27-38)47(39-28-20-35(6)21-29-39)49(53(51)54(52)9)41-32-24-37(8)25-33-41/h18-33H,10-17H2,1-9H3. The Morgan fingerprint density at radius 1 is 0.333 bits per heavy atom. The van der Waals surface area contributed by atoms with Gasteiger partial charge in [0.2, 0.25) is 0 Å². The Morgan fingerprint density at radius 3 is 1.06 bits per heavy atom. The van der Waals surface area contributed by atoms with E-state index in [4.69, 9.17) is 0 Å². The summed E-state index contributed by atoms with van der Waals surface area (Å²) in [5.41, 5.74) is 24.8. The quantitative estimate of drug-likeness (QED) is 0.119. The third-order valence-electron chi connectivity index (χ3n) is 11.7. The average molecular weight is 710 g/mol. The highest BCUT2D eigenvalue weighted by Crippen LogP contribution is 2.55. The molecule has 0 fully saturated rings. The number of nitrogens with zero attached hydrogens (tertiary/aromatic N) is 1. The highest BCUT2D eigenvalue weighted by molar-refractivity contribution is 6.27. The number of rotatable bonds is 12. The molecule has 6 aromatic carbocycles. The maximum atomic E-state index is 2.65. The second kappa shape index (κ2) is 15.8. The van der Waals surface area contributed by atoms with E-state index in [9.17, 15) is 0 Å². The molecule has 0 N–H and O–H groups in total. The number of fused-ring (bicyclic) bond motifs is 3. The normalized spacial score (nSPS) is 11.6. The molecule has 0 aliphatic rings. The lowest BCUT2D eigenvalue weighted by Crippen LogP contribution is -2.08. The van der Waals surface area contributed by atoms with Crippen molar-refractivity contribution in [1.82, 2.24) is 4.57 Å². The molecule has 7 aromatic rings. The number of hydrogen-bond donors (Lipinski definition) is 0. The van der Waals surface area contributed by atoms with Crippen LogP contribution in [0.4, 0.5) is 0 Å². The molecule has 0 aliphatic heterocycles. The van der Waals surface area contributed by atoms with E-state index < -0.39 is 0 Å². The molecule has 0 amide bonds. The van der Waals surface area contributed by atoms with E-state index in [2.05, 4.69) is 164 Å². The number of aryl methyl sites for hydroxylation is 7. The molecule has 1 aromatic heterocycles. The summed E-state index contributed by atoms with van der Waals surface area (Å²) in [5.74, 6) is 0. The Labute approximate surface area is 325 Å². The molecule has 1 heterocycles. The summed E-state index contributed by atoms with van der Waals surface area (Å²) in [6, 6.07) is 37.3. The average Bonchev–Trinajstić information content (AvgIpc) is 3.47. The van der Waals surface area contributed by atoms with Gasteiger partial charge in [0.25, 0.3) is 0 Å². The van der Waals surface area contributed by atoms with Crippen molar-refractivity contribution in [2.75, 3.05) is 0 Å². The minimum absolute atomic E-state index is 1.08. The molecule has 276 valence electrons. The van der Waals surface area contributed by atoms with Gasteiger partial charge >= 0.3 is 0 Å². The van der Waals surface area contributed by atoms with Gasteiger partial charge in [-0.05, 0) is 103 Å². The highest BCUT2D eigenvalue weighted by atomic mass is 14.9. The topological polar surface area (TPSA) is 4.93 Å². The van der Waals surface area contributed by atoms with Gasteiger partial charge in [-0.3, -0.25) is 0 Å². The second-order valence-corrected chi connectivity index (χ2v) is 15.9. The van der Waals surface area contributed by atoms with E-state index in [-0.39, 0.29) is 0 Å². The SMILES string of the molecule is CCCc1c(CCC)c(CCC)c2c(c1CCC)c1c(-c3ccc(C)cc3)c(-c3ccc(C)cc3)c(-c3ccc(C)cc3)c(-c3ccc(C)cc3)c1n2C. The maximum absolute atomic E-state index is 2.65. The van der Waals surface area contributed by atoms with E-state index in [1.807, 2.05) is 0 Å². The van der Waals surface area contributed by atoms with Crippen molar-refractivity contribution in [2.45, 2.75) is 107 Å². The first-order chi connectivity index (χ1) is 26.2. The van der Waals surface area contributed by atoms with Crippen molar-refractivity contribution < 1.29 is 0 Å². The fourth-order valence-corrected chi connectivity index (χ4v) is 9.20. The molecular weight excluding hydrogens is 651 g/mol. The Balaban J connectivity index is 1.89. The molecule has 0 saturated heterocycles. The van der Waals surface area contributed by atoms with Crippen molar-refractivity contribution in [2.24, 2.45) is 7.05 Å². The predicted molar refractivity (Wildman–Crippen MR) is 237 cm³/mol. The Morgan fingerprint density at radius 2 is 0.648 bits per heavy atom. The molecule has 7 rings (SSSR count). The smallest absolute Gasteiger partial charge is 0.0581 e. The van der Waals surface area contributed by atoms with Crippen LogP contribution in [-0.2, 0) is 32.7 Å². The van der Waals surface area contributed by atoms with Gasteiger partial charge in [-0.15, -0.1) is 0 Å². The van der Waals surface area contributed by atoms with E-state index in [0.29, 0.717) is 0 Å². The van der Waals surface area contributed by atoms with Gasteiger partial charge < -0.3 is 4.57 Å². The summed E-state index contributed by atoms with van der Waals surface area (Å²) in [5, 5.41) is 2.91. The molecule has 1 heteroatoms. The Bertz CT molecular complexity index is 2420. The molecule has 0 aliphatic carbocycles. The lowest BCUT2D eigenvalue weighted by atomic mass is 9.78. The van der Waals surface area contributed by atoms with Gasteiger partial charge in [-0.1, -0.05) is 173 Å². The van der Waals surface area contributed by atoms with E-state index in [1.54, 1.807) is 22.3 Å². The van der Waals surface area contributed by atoms with Crippen LogP contribution in [0.2, 0.25) is 0 Å². The van der Waals surface area contributed by atoms with Crippen molar-refractivity contribution >= 4 is 21.8 Å². The summed E-state index contributed by atoms with van der Waals surface area (Å²) in [6.07, 6.45) is 9.01. The molecule has 0 atom stereocenters. The number of aromatic nitrogens is 1. The fourth-order valence-electron chi connectivity index (χ4n) is 9.20. The molecule has 0 radical (unpaired) electrons. The van der Waals surface area contributed by atoms with Crippen molar-refractivity contribution in [1.29, 1.82) is 0 Å². The van der Waals surface area contributed by atoms with Crippen LogP contribution in [0.25, 0.3) is 66.3 Å². The summed E-state index contributed by atoms with van der Waals surface area (Å²) >= 11 is 0. The maximum Gasteiger partial charge on any atom is 0.0581 e. The molecule has 0 spiro atoms. The van der Waals surface area contributed by atoms with E-state index in [1.165, 1.54) is 88.6 Å². The second-order valence-electron chi connectivity index (χ2n) is 15.9. The van der Waals surface area contributed by atoms with Crippen LogP contribution < -0.4 is 0 Å². The van der Waals surface area contributed by atoms with Crippen molar-refractivity contribution in [3.8, 4) is 44.5 Å². The first kappa shape index (κ1) is 37.4. The summed E-state index contributed by atoms with van der Waals surface area (Å²) in [4.78, 5) is 0. The molecule has 54 heavy (non-hydrogen) atoms. The van der Waals surface area contributed by atoms with Crippen LogP contribution in [0.3, 0.4) is 0 Å². The zero-order valence-electron chi connectivity index (χ0n) is 34.3. The van der Waals surface area contributed by atoms with Crippen LogP contribution in [0, 0.1) is 27.7 Å². The van der Waals surface area contributed by atoms with Gasteiger partial charge in [0, 0.05) is 34.5 Å². The fraction of sp³-hybridized carbons (Fsp3) is 0.321. The van der Waals surface area contributed by atoms with Crippen LogP contribution in [0.15, 0.2) is 97.1 Å². The first-order valence-electron chi connectivity index (χ1n) is 20.7. The molecule has 1 nitrogen and oxygen atoms in total. The summed E-state index contributed by atoms with van der Waals surface area (Å²) in [7, 11) is 2.38. The van der Waals surface area contributed by atoms with Gasteiger partial charge in [0.05, 0.1) is 11.0 Å². The van der Waals surface area contributed by atoms with E-state index in [0.717, 1.165) is 51.4 Å². The molecule has 0 unspecified atom stereocenters. The predicted octanol–water partition coefficient (Wildman–Crippen LogP) is 15.0. The van der Waals surface area contributed by atoms with Crippen LogP contribution in [-0.4, -0.2) is 4.57 Å². The summed E-state index contributed by atoms with van der Waals surface area (Å²) in [6.45, 7) is 18.3. The number of benzene rings is 6. The zero-order chi connectivity index (χ0) is 38.1. The lowest BCUT2D eigenvalue weighted by molar-refractivity contribution is 0.806. The Hall–Kier alpha value is -4.88. The third-order valence-corrected chi connectivity index (χ3v) is 11.7. The van der Waals surface area contributed by atoms with Gasteiger partial charge in [0.15, 0.2) is 0 Å². The van der Waals surface area contributed by atoms with Crippen LogP contribution >= 0.6 is 0 Å². The minimum atomic E-state index is 1.08. The lowest BCUT2D eigenvalue weighted by Gasteiger charge is -2.24. The van der Waals surface area contributed by atoms with Crippen molar-refractivity contribution in [3.05, 3.63) is 142 Å². The Kier molecular flexibility index (Phi) is 11.0. The third kappa shape index (κ3) is 6.61. The van der Waals surface area contributed by atoms with Gasteiger partial charge in [-0.2, -0.15) is 0 Å². The van der Waals surface area contributed by atoms with E-state index >= 15 is 0 Å². The minimum Gasteiger partial charge on any atom is -0.343 e. The van der Waals surface area contributed by atoms with Crippen molar-refractivity contribution in [3.63, 3.8) is 0 Å². The molecule has 0 saturated carbocycles.